The molecule has 0 aromatic carbocycles. The van der Waals surface area contributed by atoms with Crippen molar-refractivity contribution in [3.05, 3.63) is 22.2 Å². The molecule has 1 saturated heterocycles. The second kappa shape index (κ2) is 5.09. The highest BCUT2D eigenvalue weighted by Gasteiger charge is 2.25. The molecule has 1 fully saturated rings. The van der Waals surface area contributed by atoms with Crippen LogP contribution in [0.15, 0.2) is 12.1 Å². The van der Waals surface area contributed by atoms with Crippen LogP contribution in [0.1, 0.15) is 12.8 Å². The lowest BCUT2D eigenvalue weighted by Gasteiger charge is -2.30. The lowest BCUT2D eigenvalue weighted by molar-refractivity contribution is -0.384. The largest absolute Gasteiger partial charge is 0.384 e. The number of pyridine rings is 1. The van der Waals surface area contributed by atoms with Crippen LogP contribution in [-0.2, 0) is 4.79 Å². The van der Waals surface area contributed by atoms with Crippen LogP contribution in [0.4, 0.5) is 17.3 Å². The minimum atomic E-state index is -0.507. The number of rotatable bonds is 3. The van der Waals surface area contributed by atoms with E-state index in [1.54, 1.807) is 11.9 Å². The molecule has 1 aliphatic rings. The Hall–Kier alpha value is -2.38. The summed E-state index contributed by atoms with van der Waals surface area (Å²) >= 11 is 0. The van der Waals surface area contributed by atoms with Crippen molar-refractivity contribution in [2.75, 3.05) is 24.6 Å². The first-order valence-electron chi connectivity index (χ1n) is 5.89. The van der Waals surface area contributed by atoms with Gasteiger partial charge < -0.3 is 16.0 Å². The number of nitrogens with one attached hydrogen (secondary N) is 1. The quantitative estimate of drug-likeness (QED) is 0.611. The lowest BCUT2D eigenvalue weighted by Crippen LogP contribution is -2.43. The topological polar surface area (TPSA) is 114 Å². The second-order valence-electron chi connectivity index (χ2n) is 4.52. The summed E-state index contributed by atoms with van der Waals surface area (Å²) in [6, 6.07) is 2.65. The van der Waals surface area contributed by atoms with Gasteiger partial charge in [0.1, 0.15) is 5.82 Å². The SMILES string of the molecule is CN1CC(Nc2nc(N)ccc2[N+](=O)[O-])CCC1=O. The Morgan fingerprint density at radius 3 is 2.95 bits per heavy atom. The number of likely N-dealkylation sites (tertiary alicyclic amines) is 1. The van der Waals surface area contributed by atoms with Gasteiger partial charge in [0.05, 0.1) is 4.92 Å². The van der Waals surface area contributed by atoms with Gasteiger partial charge in [-0.2, -0.15) is 0 Å². The maximum atomic E-state index is 11.4. The van der Waals surface area contributed by atoms with Crippen LogP contribution in [-0.4, -0.2) is 40.3 Å². The zero-order chi connectivity index (χ0) is 14.0. The highest BCUT2D eigenvalue weighted by molar-refractivity contribution is 5.77. The number of piperidine rings is 1. The van der Waals surface area contributed by atoms with Crippen molar-refractivity contribution in [1.82, 2.24) is 9.88 Å². The molecule has 1 unspecified atom stereocenters. The molecule has 2 rings (SSSR count). The fourth-order valence-corrected chi connectivity index (χ4v) is 2.04. The van der Waals surface area contributed by atoms with E-state index in [0.29, 0.717) is 19.4 Å². The van der Waals surface area contributed by atoms with Crippen LogP contribution in [0.5, 0.6) is 0 Å². The molecular formula is C11H15N5O3. The van der Waals surface area contributed by atoms with Crippen molar-refractivity contribution in [3.63, 3.8) is 0 Å². The van der Waals surface area contributed by atoms with Crippen LogP contribution in [0.3, 0.4) is 0 Å². The number of carbonyl (C=O) groups excluding carboxylic acids is 1. The van der Waals surface area contributed by atoms with Crippen LogP contribution in [0, 0.1) is 10.1 Å². The molecular weight excluding hydrogens is 250 g/mol. The Morgan fingerprint density at radius 1 is 1.58 bits per heavy atom. The lowest BCUT2D eigenvalue weighted by atomic mass is 10.1. The van der Waals surface area contributed by atoms with Crippen molar-refractivity contribution >= 4 is 23.2 Å². The molecule has 0 bridgehead atoms. The first-order chi connectivity index (χ1) is 8.97. The molecule has 19 heavy (non-hydrogen) atoms. The molecule has 8 nitrogen and oxygen atoms in total. The summed E-state index contributed by atoms with van der Waals surface area (Å²) in [7, 11) is 1.71. The molecule has 102 valence electrons. The number of nitro groups is 1. The van der Waals surface area contributed by atoms with Crippen molar-refractivity contribution in [1.29, 1.82) is 0 Å². The summed E-state index contributed by atoms with van der Waals surface area (Å²) in [6.07, 6.45) is 1.04. The molecule has 1 aliphatic heterocycles. The number of carbonyl (C=O) groups is 1. The van der Waals surface area contributed by atoms with Gasteiger partial charge >= 0.3 is 5.69 Å². The summed E-state index contributed by atoms with van der Waals surface area (Å²) in [5.74, 6) is 0.444. The standard InChI is InChI=1S/C11H15N5O3/c1-15-6-7(2-5-10(15)17)13-11-8(16(18)19)3-4-9(12)14-11/h3-4,7H,2,5-6H2,1H3,(H3,12,13,14). The first kappa shape index (κ1) is 13.1. The summed E-state index contributed by atoms with van der Waals surface area (Å²) in [5.41, 5.74) is 5.43. The summed E-state index contributed by atoms with van der Waals surface area (Å²) in [6.45, 7) is 0.493. The van der Waals surface area contributed by atoms with Gasteiger partial charge in [0.2, 0.25) is 11.7 Å². The predicted octanol–water partition coefficient (Wildman–Crippen LogP) is 0.605. The second-order valence-corrected chi connectivity index (χ2v) is 4.52. The van der Waals surface area contributed by atoms with Gasteiger partial charge in [-0.3, -0.25) is 14.9 Å². The molecule has 1 aromatic heterocycles. The fraction of sp³-hybridized carbons (Fsp3) is 0.455. The number of hydrogen-bond acceptors (Lipinski definition) is 6. The average Bonchev–Trinajstić information content (AvgIpc) is 2.33. The fourth-order valence-electron chi connectivity index (χ4n) is 2.04. The first-order valence-corrected chi connectivity index (χ1v) is 5.89. The number of aromatic nitrogens is 1. The van der Waals surface area contributed by atoms with Crippen LogP contribution in [0.25, 0.3) is 0 Å². The predicted molar refractivity (Wildman–Crippen MR) is 69.6 cm³/mol. The van der Waals surface area contributed by atoms with Crippen molar-refractivity contribution in [2.45, 2.75) is 18.9 Å². The van der Waals surface area contributed by atoms with Crippen molar-refractivity contribution < 1.29 is 9.72 Å². The number of nitrogens with two attached hydrogens (primary N) is 1. The molecule has 0 saturated carbocycles. The highest BCUT2D eigenvalue weighted by atomic mass is 16.6. The summed E-state index contributed by atoms with van der Waals surface area (Å²) in [4.78, 5) is 27.3. The number of hydrogen-bond donors (Lipinski definition) is 2. The minimum Gasteiger partial charge on any atom is -0.384 e. The smallest absolute Gasteiger partial charge is 0.311 e. The zero-order valence-electron chi connectivity index (χ0n) is 10.5. The van der Waals surface area contributed by atoms with Gasteiger partial charge in [-0.15, -0.1) is 0 Å². The molecule has 0 spiro atoms. The Balaban J connectivity index is 2.16. The van der Waals surface area contributed by atoms with E-state index in [9.17, 15) is 14.9 Å². The number of amides is 1. The molecule has 0 radical (unpaired) electrons. The van der Waals surface area contributed by atoms with Crippen molar-refractivity contribution in [3.8, 4) is 0 Å². The van der Waals surface area contributed by atoms with E-state index in [1.807, 2.05) is 0 Å². The van der Waals surface area contributed by atoms with Gasteiger partial charge in [-0.25, -0.2) is 4.98 Å². The Morgan fingerprint density at radius 2 is 2.32 bits per heavy atom. The van der Waals surface area contributed by atoms with Crippen LogP contribution in [0.2, 0.25) is 0 Å². The van der Waals surface area contributed by atoms with Crippen molar-refractivity contribution in [2.24, 2.45) is 0 Å². The van der Waals surface area contributed by atoms with E-state index >= 15 is 0 Å². The molecule has 8 heteroatoms. The van der Waals surface area contributed by atoms with Crippen LogP contribution >= 0.6 is 0 Å². The maximum absolute atomic E-state index is 11.4. The Kier molecular flexibility index (Phi) is 3.50. The van der Waals surface area contributed by atoms with Gasteiger partial charge in [0, 0.05) is 32.1 Å². The number of nitrogen functional groups attached to an aromatic ring is 1. The normalized spacial score (nSPS) is 19.3. The molecule has 1 atom stereocenters. The van der Waals surface area contributed by atoms with Gasteiger partial charge in [-0.05, 0) is 12.5 Å². The number of anilines is 2. The van der Waals surface area contributed by atoms with E-state index in [2.05, 4.69) is 10.3 Å². The summed E-state index contributed by atoms with van der Waals surface area (Å²) in [5, 5.41) is 13.9. The average molecular weight is 265 g/mol. The van der Waals surface area contributed by atoms with E-state index in [0.717, 1.165) is 0 Å². The van der Waals surface area contributed by atoms with E-state index in [4.69, 9.17) is 5.73 Å². The highest BCUT2D eigenvalue weighted by Crippen LogP contribution is 2.25. The number of nitrogens with zero attached hydrogens (tertiary/aromatic N) is 3. The third-order valence-corrected chi connectivity index (χ3v) is 3.06. The molecule has 2 heterocycles. The van der Waals surface area contributed by atoms with Gasteiger partial charge in [0.25, 0.3) is 0 Å². The Bertz CT molecular complexity index is 519. The van der Waals surface area contributed by atoms with Gasteiger partial charge in [0.15, 0.2) is 0 Å². The number of likely N-dealkylation sites (N-methyl/N-ethyl adjacent to an activating group) is 1. The molecule has 1 aromatic rings. The molecule has 1 amide bonds. The van der Waals surface area contributed by atoms with E-state index in [1.165, 1.54) is 12.1 Å². The summed E-state index contributed by atoms with van der Waals surface area (Å²) < 4.78 is 0. The van der Waals surface area contributed by atoms with Gasteiger partial charge in [-0.1, -0.05) is 0 Å². The molecule has 0 aliphatic carbocycles. The minimum absolute atomic E-state index is 0.0595. The monoisotopic (exact) mass is 265 g/mol. The maximum Gasteiger partial charge on any atom is 0.311 e. The third kappa shape index (κ3) is 2.90. The van der Waals surface area contributed by atoms with E-state index in [-0.39, 0.29) is 29.3 Å². The van der Waals surface area contributed by atoms with E-state index < -0.39 is 4.92 Å². The zero-order valence-corrected chi connectivity index (χ0v) is 10.5. The van der Waals surface area contributed by atoms with Crippen LogP contribution < -0.4 is 11.1 Å². The third-order valence-electron chi connectivity index (χ3n) is 3.06. The Labute approximate surface area is 109 Å². The molecule has 3 N–H and O–H groups in total.